The largest absolute Gasteiger partial charge is 0.465 e. The van der Waals surface area contributed by atoms with Crippen molar-refractivity contribution in [2.45, 2.75) is 6.61 Å². The molecule has 2 heterocycles. The Balaban J connectivity index is 2.67. The van der Waals surface area contributed by atoms with Gasteiger partial charge in [-0.3, -0.25) is 4.40 Å². The number of hydrogen-bond acceptors (Lipinski definition) is 5. The monoisotopic (exact) mass is 207 g/mol. The van der Waals surface area contributed by atoms with Crippen molar-refractivity contribution in [3.8, 4) is 0 Å². The number of aliphatic hydroxyl groups is 1. The molecule has 2 rings (SSSR count). The maximum Gasteiger partial charge on any atom is 0.341 e. The lowest BCUT2D eigenvalue weighted by Crippen LogP contribution is -2.04. The van der Waals surface area contributed by atoms with Crippen LogP contribution in [0, 0.1) is 0 Å². The van der Waals surface area contributed by atoms with Crippen molar-refractivity contribution < 1.29 is 14.6 Å². The maximum atomic E-state index is 11.4. The highest BCUT2D eigenvalue weighted by Gasteiger charge is 2.14. The van der Waals surface area contributed by atoms with E-state index in [1.54, 1.807) is 22.7 Å². The van der Waals surface area contributed by atoms with E-state index in [9.17, 15) is 4.79 Å². The number of ether oxygens (including phenoxy) is 1. The molecule has 6 heteroatoms. The molecular formula is C9H9N3O3. The van der Waals surface area contributed by atoms with Gasteiger partial charge in [0.25, 0.3) is 0 Å². The Morgan fingerprint density at radius 1 is 1.60 bits per heavy atom. The molecule has 0 bridgehead atoms. The van der Waals surface area contributed by atoms with Crippen LogP contribution in [-0.2, 0) is 11.3 Å². The lowest BCUT2D eigenvalue weighted by molar-refractivity contribution is 0.0602. The predicted molar refractivity (Wildman–Crippen MR) is 50.2 cm³/mol. The van der Waals surface area contributed by atoms with Crippen molar-refractivity contribution in [1.29, 1.82) is 0 Å². The van der Waals surface area contributed by atoms with Crippen LogP contribution in [0.2, 0.25) is 0 Å². The van der Waals surface area contributed by atoms with Crippen LogP contribution >= 0.6 is 0 Å². The lowest BCUT2D eigenvalue weighted by Gasteiger charge is -2.00. The van der Waals surface area contributed by atoms with Crippen LogP contribution in [0.5, 0.6) is 0 Å². The number of carbonyl (C=O) groups is 1. The molecule has 0 aliphatic rings. The highest BCUT2D eigenvalue weighted by atomic mass is 16.5. The average molecular weight is 207 g/mol. The Kier molecular flexibility index (Phi) is 2.34. The number of pyridine rings is 1. The van der Waals surface area contributed by atoms with Gasteiger partial charge in [-0.15, -0.1) is 10.2 Å². The SMILES string of the molecule is COC(=O)c1cccn2c(CO)nnc12. The summed E-state index contributed by atoms with van der Waals surface area (Å²) in [6.45, 7) is -0.230. The van der Waals surface area contributed by atoms with E-state index in [4.69, 9.17) is 5.11 Å². The van der Waals surface area contributed by atoms with Crippen molar-refractivity contribution in [2.24, 2.45) is 0 Å². The van der Waals surface area contributed by atoms with Crippen LogP contribution in [0.3, 0.4) is 0 Å². The van der Waals surface area contributed by atoms with Crippen LogP contribution in [0.1, 0.15) is 16.2 Å². The molecule has 1 N–H and O–H groups in total. The van der Waals surface area contributed by atoms with E-state index < -0.39 is 5.97 Å². The molecule has 0 saturated heterocycles. The Bertz CT molecular complexity index is 506. The normalized spacial score (nSPS) is 10.5. The number of carbonyl (C=O) groups excluding carboxylic acids is 1. The minimum Gasteiger partial charge on any atom is -0.465 e. The number of methoxy groups -OCH3 is 1. The first-order valence-corrected chi connectivity index (χ1v) is 4.29. The molecule has 15 heavy (non-hydrogen) atoms. The van der Waals surface area contributed by atoms with Crippen molar-refractivity contribution in [3.05, 3.63) is 29.7 Å². The third-order valence-electron chi connectivity index (χ3n) is 2.05. The molecule has 0 atom stereocenters. The average Bonchev–Trinajstić information content (AvgIpc) is 2.70. The van der Waals surface area contributed by atoms with Crippen LogP contribution in [0.25, 0.3) is 5.65 Å². The van der Waals surface area contributed by atoms with E-state index >= 15 is 0 Å². The van der Waals surface area contributed by atoms with E-state index in [2.05, 4.69) is 14.9 Å². The molecule has 2 aromatic heterocycles. The summed E-state index contributed by atoms with van der Waals surface area (Å²) in [4.78, 5) is 11.4. The van der Waals surface area contributed by atoms with Crippen LogP contribution in [0.4, 0.5) is 0 Å². The van der Waals surface area contributed by atoms with Gasteiger partial charge in [0.1, 0.15) is 12.2 Å². The molecule has 0 aliphatic carbocycles. The van der Waals surface area contributed by atoms with Gasteiger partial charge in [-0.05, 0) is 12.1 Å². The third kappa shape index (κ3) is 1.44. The highest BCUT2D eigenvalue weighted by Crippen LogP contribution is 2.11. The van der Waals surface area contributed by atoms with E-state index in [0.717, 1.165) is 0 Å². The number of aromatic nitrogens is 3. The summed E-state index contributed by atoms with van der Waals surface area (Å²) in [5, 5.41) is 16.5. The number of fused-ring (bicyclic) bond motifs is 1. The molecule has 6 nitrogen and oxygen atoms in total. The fourth-order valence-electron chi connectivity index (χ4n) is 1.34. The minimum atomic E-state index is -0.475. The summed E-state index contributed by atoms with van der Waals surface area (Å²) in [6, 6.07) is 3.26. The molecule has 0 aromatic carbocycles. The second-order valence-corrected chi connectivity index (χ2v) is 2.88. The van der Waals surface area contributed by atoms with E-state index in [1.165, 1.54) is 7.11 Å². The third-order valence-corrected chi connectivity index (χ3v) is 2.05. The van der Waals surface area contributed by atoms with Crippen molar-refractivity contribution in [3.63, 3.8) is 0 Å². The van der Waals surface area contributed by atoms with E-state index in [-0.39, 0.29) is 6.61 Å². The molecule has 0 unspecified atom stereocenters. The molecule has 0 aliphatic heterocycles. The number of hydrogen-bond donors (Lipinski definition) is 1. The Labute approximate surface area is 85.1 Å². The first kappa shape index (κ1) is 9.60. The molecule has 0 radical (unpaired) electrons. The van der Waals surface area contributed by atoms with Gasteiger partial charge in [-0.25, -0.2) is 4.79 Å². The second-order valence-electron chi connectivity index (χ2n) is 2.88. The van der Waals surface area contributed by atoms with Crippen LogP contribution in [-0.4, -0.2) is 32.8 Å². The van der Waals surface area contributed by atoms with Gasteiger partial charge in [-0.1, -0.05) is 0 Å². The predicted octanol–water partition coefficient (Wildman–Crippen LogP) is 0.00820. The first-order chi connectivity index (χ1) is 7.27. The zero-order valence-corrected chi connectivity index (χ0v) is 8.04. The molecule has 2 aromatic rings. The van der Waals surface area contributed by atoms with E-state index in [0.29, 0.717) is 17.0 Å². The van der Waals surface area contributed by atoms with E-state index in [1.807, 2.05) is 0 Å². The zero-order valence-electron chi connectivity index (χ0n) is 8.04. The van der Waals surface area contributed by atoms with Gasteiger partial charge >= 0.3 is 5.97 Å². The molecule has 0 amide bonds. The van der Waals surface area contributed by atoms with Crippen molar-refractivity contribution in [1.82, 2.24) is 14.6 Å². The summed E-state index contributed by atoms with van der Waals surface area (Å²) in [7, 11) is 1.30. The Hall–Kier alpha value is -1.95. The van der Waals surface area contributed by atoms with Gasteiger partial charge in [0.15, 0.2) is 11.5 Å². The fraction of sp³-hybridized carbons (Fsp3) is 0.222. The maximum absolute atomic E-state index is 11.4. The summed E-state index contributed by atoms with van der Waals surface area (Å²) in [5.74, 6) is -0.0896. The number of rotatable bonds is 2. The van der Waals surface area contributed by atoms with Gasteiger partial charge in [0, 0.05) is 6.20 Å². The summed E-state index contributed by atoms with van der Waals surface area (Å²) >= 11 is 0. The zero-order chi connectivity index (χ0) is 10.8. The van der Waals surface area contributed by atoms with Crippen LogP contribution in [0.15, 0.2) is 18.3 Å². The fourth-order valence-corrected chi connectivity index (χ4v) is 1.34. The van der Waals surface area contributed by atoms with Gasteiger partial charge in [0.2, 0.25) is 0 Å². The topological polar surface area (TPSA) is 76.7 Å². The highest BCUT2D eigenvalue weighted by molar-refractivity contribution is 5.95. The molecular weight excluding hydrogens is 198 g/mol. The summed E-state index contributed by atoms with van der Waals surface area (Å²) < 4.78 is 6.15. The van der Waals surface area contributed by atoms with Gasteiger partial charge < -0.3 is 9.84 Å². The van der Waals surface area contributed by atoms with Gasteiger partial charge in [0.05, 0.1) is 7.11 Å². The van der Waals surface area contributed by atoms with Crippen molar-refractivity contribution >= 4 is 11.6 Å². The Morgan fingerprint density at radius 3 is 3.07 bits per heavy atom. The molecule has 0 saturated carbocycles. The summed E-state index contributed by atoms with van der Waals surface area (Å²) in [6.07, 6.45) is 1.67. The quantitative estimate of drug-likeness (QED) is 0.702. The standard InChI is InChI=1S/C9H9N3O3/c1-15-9(14)6-3-2-4-12-7(5-13)10-11-8(6)12/h2-4,13H,5H2,1H3. The first-order valence-electron chi connectivity index (χ1n) is 4.29. The molecule has 0 spiro atoms. The number of aliphatic hydroxyl groups excluding tert-OH is 1. The minimum absolute atomic E-state index is 0.230. The van der Waals surface area contributed by atoms with Crippen molar-refractivity contribution in [2.75, 3.05) is 7.11 Å². The second kappa shape index (κ2) is 3.66. The lowest BCUT2D eigenvalue weighted by atomic mass is 10.3. The Morgan fingerprint density at radius 2 is 2.40 bits per heavy atom. The number of esters is 1. The smallest absolute Gasteiger partial charge is 0.341 e. The molecule has 0 fully saturated rings. The summed E-state index contributed by atoms with van der Waals surface area (Å²) in [5.41, 5.74) is 0.709. The van der Waals surface area contributed by atoms with Crippen LogP contribution < -0.4 is 0 Å². The number of nitrogens with zero attached hydrogens (tertiary/aromatic N) is 3. The van der Waals surface area contributed by atoms with Gasteiger partial charge in [-0.2, -0.15) is 0 Å². The molecule has 78 valence electrons.